The zero-order valence-corrected chi connectivity index (χ0v) is 46.7. The Balaban J connectivity index is 1.57. The number of carbonyl (C=O) groups is 1. The molecular weight excluding hydrogens is 1060 g/mol. The van der Waals surface area contributed by atoms with Gasteiger partial charge in [0.05, 0.1) is 25.2 Å². The summed E-state index contributed by atoms with van der Waals surface area (Å²) in [6.45, 7) is 1.21. The highest BCUT2D eigenvalue weighted by Crippen LogP contribution is 2.38. The molecule has 3 aliphatic heterocycles. The molecule has 0 bridgehead atoms. The molecule has 81 heavy (non-hydrogen) atoms. The third-order valence-electron chi connectivity index (χ3n) is 14.6. The second kappa shape index (κ2) is 34.9. The van der Waals surface area contributed by atoms with Gasteiger partial charge in [0, 0.05) is 13.0 Å². The van der Waals surface area contributed by atoms with Crippen LogP contribution >= 0.6 is 0 Å². The van der Waals surface area contributed by atoms with E-state index in [0.717, 1.165) is 25.7 Å². The van der Waals surface area contributed by atoms with Crippen LogP contribution in [0.25, 0.3) is 0 Å². The summed E-state index contributed by atoms with van der Waals surface area (Å²) >= 11 is 0. The lowest BCUT2D eigenvalue weighted by Crippen LogP contribution is -2.64. The highest BCUT2D eigenvalue weighted by molar-refractivity contribution is 5.78. The smallest absolute Gasteiger partial charge is 0.220 e. The summed E-state index contributed by atoms with van der Waals surface area (Å²) in [6.07, 6.45) is -4.54. The van der Waals surface area contributed by atoms with Crippen LogP contribution in [-0.2, 0) is 33.2 Å². The lowest BCUT2D eigenvalue weighted by atomic mass is 9.83. The molecule has 31 N–H and O–H groups in total. The number of unbranched alkanes of at least 4 members (excludes halogenated alkanes) is 16. The number of nitrogens with one attached hydrogen (secondary N) is 1. The Labute approximate surface area is 473 Å². The summed E-state index contributed by atoms with van der Waals surface area (Å²) in [4.78, 5) is 37.9. The number of hydrogen-bond acceptors (Lipinski definition) is 19. The molecule has 4 rings (SSSR count). The fraction of sp³-hybridized carbons (Fsp3) is 0.857. The van der Waals surface area contributed by atoms with E-state index in [-0.39, 0.29) is 50.3 Å². The van der Waals surface area contributed by atoms with Crippen LogP contribution in [0.2, 0.25) is 0 Å². The number of nitrogens with zero attached hydrogens (tertiary/aromatic N) is 6. The van der Waals surface area contributed by atoms with Gasteiger partial charge >= 0.3 is 0 Å². The maximum Gasteiger partial charge on any atom is 0.220 e. The molecule has 466 valence electrons. The summed E-state index contributed by atoms with van der Waals surface area (Å²) in [7, 11) is 0. The number of aliphatic hydroxyl groups is 6. The van der Waals surface area contributed by atoms with Gasteiger partial charge in [0.25, 0.3) is 0 Å². The standard InChI is InChI=1S/C49H97N19O13/c1-2-3-4-5-6-7-8-9-10-11-12-13-14-15-16-17-18-19-29(69)62-23-28-38(79-39-30(67-48(58)59)33(71)26(76-41(39)75)21-63-44(50)51)36(74)43(78-28)81-40-32(70)24(65-46(54)55)20-25(66-47(56)57)37(40)80-42-31(68-49(60)61)35(73)34(72)27(77-42)22-64-45(52)53/h24-28,30-43,70-75H,2-23H2,1H3,(H,62,69)(H4,50,51,63)(H4,52,53,64)(H4,54,55,65)(H4,56,57,66)(H4,58,59,67)(H4,60,61,68)/t24-,25+,26-,27-,28-,30-,31-,32+,33-,34-,35-,36-,37-,38-,39-,40-,41+,42-,43?/m1/s1. The van der Waals surface area contributed by atoms with Gasteiger partial charge in [-0.1, -0.05) is 110 Å². The van der Waals surface area contributed by atoms with Gasteiger partial charge in [-0.25, -0.2) is 20.0 Å². The van der Waals surface area contributed by atoms with Crippen molar-refractivity contribution in [3.63, 3.8) is 0 Å². The molecule has 3 saturated heterocycles. The number of amides is 1. The Morgan fingerprint density at radius 2 is 0.901 bits per heavy atom. The molecule has 1 aliphatic carbocycles. The topological polar surface area (TPSA) is 592 Å². The third kappa shape index (κ3) is 22.4. The Hall–Kier alpha value is -5.39. The van der Waals surface area contributed by atoms with Crippen LogP contribution in [0, 0.1) is 0 Å². The van der Waals surface area contributed by atoms with Crippen LogP contribution in [0.5, 0.6) is 0 Å². The van der Waals surface area contributed by atoms with Gasteiger partial charge in [0.15, 0.2) is 54.6 Å². The predicted molar refractivity (Wildman–Crippen MR) is 303 cm³/mol. The fourth-order valence-electron chi connectivity index (χ4n) is 10.5. The molecule has 3 heterocycles. The Morgan fingerprint density at radius 1 is 0.444 bits per heavy atom. The van der Waals surface area contributed by atoms with Crippen molar-refractivity contribution < 1.29 is 63.9 Å². The molecule has 19 atom stereocenters. The van der Waals surface area contributed by atoms with E-state index in [0.29, 0.717) is 6.42 Å². The summed E-state index contributed by atoms with van der Waals surface area (Å²) in [5.41, 5.74) is 68.6. The number of ether oxygens (including phenoxy) is 6. The first-order valence-corrected chi connectivity index (χ1v) is 28.3. The van der Waals surface area contributed by atoms with Gasteiger partial charge in [-0.15, -0.1) is 0 Å². The molecule has 4 fully saturated rings. The van der Waals surface area contributed by atoms with Crippen molar-refractivity contribution >= 4 is 41.7 Å². The second-order valence-corrected chi connectivity index (χ2v) is 21.2. The number of guanidine groups is 6. The van der Waals surface area contributed by atoms with Crippen LogP contribution in [0.4, 0.5) is 0 Å². The van der Waals surface area contributed by atoms with Gasteiger partial charge in [-0.3, -0.25) is 14.8 Å². The minimum absolute atomic E-state index is 0.165. The van der Waals surface area contributed by atoms with Crippen LogP contribution < -0.4 is 74.1 Å². The number of rotatable bonds is 34. The Kier molecular flexibility index (Phi) is 29.4. The quantitative estimate of drug-likeness (QED) is 0.0162. The Bertz CT molecular complexity index is 2040. The minimum atomic E-state index is -1.90. The lowest BCUT2D eigenvalue weighted by molar-refractivity contribution is -0.306. The fourth-order valence-corrected chi connectivity index (χ4v) is 10.5. The lowest BCUT2D eigenvalue weighted by Gasteiger charge is -2.47. The maximum atomic E-state index is 13.4. The van der Waals surface area contributed by atoms with Crippen LogP contribution in [0.3, 0.4) is 0 Å². The van der Waals surface area contributed by atoms with E-state index >= 15 is 0 Å². The highest BCUT2D eigenvalue weighted by Gasteiger charge is 2.56. The van der Waals surface area contributed by atoms with Crippen molar-refractivity contribution in [3.8, 4) is 0 Å². The van der Waals surface area contributed by atoms with Crippen molar-refractivity contribution in [1.82, 2.24) is 5.32 Å². The largest absolute Gasteiger partial charge is 0.388 e. The second-order valence-electron chi connectivity index (χ2n) is 21.2. The average Bonchev–Trinajstić information content (AvgIpc) is 3.92. The summed E-state index contributed by atoms with van der Waals surface area (Å²) < 4.78 is 37.4. The maximum absolute atomic E-state index is 13.4. The van der Waals surface area contributed by atoms with E-state index in [1.165, 1.54) is 77.0 Å². The van der Waals surface area contributed by atoms with Crippen molar-refractivity contribution in [2.75, 3.05) is 19.6 Å². The normalized spacial score (nSPS) is 32.9. The molecule has 0 spiro atoms. The van der Waals surface area contributed by atoms with Crippen molar-refractivity contribution in [2.45, 2.75) is 245 Å². The first kappa shape index (κ1) is 68.1. The number of hydrogen-bond donors (Lipinski definition) is 19. The van der Waals surface area contributed by atoms with Crippen molar-refractivity contribution in [2.24, 2.45) is 98.8 Å². The molecule has 0 radical (unpaired) electrons. The SMILES string of the molecule is CCCCCCCCCCCCCCCCCCCC(=O)NC[C@H]1OC(O[C@@H]2[C@@H](O)[C@H](N=C(N)N)C[C@H](N=C(N)N)[C@H]2O[C@H]2O[C@H](CN=C(N)N)[C@@H](O)[C@H](O)[C@H]2N=C(N)N)[C@H](O)[C@@H]1O[C@@H]1[C@H](N=C(N)N)[C@H](O)[C@@H](CN=C(N)N)O[C@@H]1O. The van der Waals surface area contributed by atoms with Gasteiger partial charge in [0.2, 0.25) is 5.91 Å². The number of aliphatic hydroxyl groups excluding tert-OH is 6. The molecule has 0 aromatic heterocycles. The molecular formula is C49H97N19O13. The van der Waals surface area contributed by atoms with E-state index in [9.17, 15) is 35.4 Å². The van der Waals surface area contributed by atoms with E-state index in [2.05, 4.69) is 42.2 Å². The third-order valence-corrected chi connectivity index (χ3v) is 14.6. The zero-order chi connectivity index (χ0) is 59.8. The van der Waals surface area contributed by atoms with E-state index in [1.54, 1.807) is 0 Å². The van der Waals surface area contributed by atoms with E-state index in [4.69, 9.17) is 97.2 Å². The number of aliphatic imine (C=N–C) groups is 6. The molecule has 0 aromatic rings. The molecule has 1 unspecified atom stereocenters. The monoisotopic (exact) mass is 1160 g/mol. The van der Waals surface area contributed by atoms with Crippen LogP contribution in [0.15, 0.2) is 30.0 Å². The van der Waals surface area contributed by atoms with E-state index < -0.39 is 140 Å². The van der Waals surface area contributed by atoms with Crippen molar-refractivity contribution in [1.29, 1.82) is 0 Å². The number of carbonyl (C=O) groups excluding carboxylic acids is 1. The first-order valence-electron chi connectivity index (χ1n) is 28.3. The number of nitrogens with two attached hydrogens (primary N) is 12. The summed E-state index contributed by atoms with van der Waals surface area (Å²) in [5.74, 6) is -3.04. The van der Waals surface area contributed by atoms with Crippen molar-refractivity contribution in [3.05, 3.63) is 0 Å². The van der Waals surface area contributed by atoms with E-state index in [1.807, 2.05) is 0 Å². The van der Waals surface area contributed by atoms with Gasteiger partial charge in [0.1, 0.15) is 85.3 Å². The van der Waals surface area contributed by atoms with Gasteiger partial charge < -0.3 is 133 Å². The molecule has 0 aromatic carbocycles. The average molecular weight is 1160 g/mol. The molecule has 32 nitrogen and oxygen atoms in total. The molecule has 1 amide bonds. The highest BCUT2D eigenvalue weighted by atomic mass is 16.7. The molecule has 4 aliphatic rings. The van der Waals surface area contributed by atoms with Crippen LogP contribution in [-0.4, -0.2) is 208 Å². The van der Waals surface area contributed by atoms with Crippen LogP contribution in [0.1, 0.15) is 129 Å². The first-order chi connectivity index (χ1) is 38.5. The van der Waals surface area contributed by atoms with Gasteiger partial charge in [-0.05, 0) is 12.8 Å². The zero-order valence-electron chi connectivity index (χ0n) is 46.7. The minimum Gasteiger partial charge on any atom is -0.388 e. The summed E-state index contributed by atoms with van der Waals surface area (Å²) in [6, 6.07) is -5.50. The Morgan fingerprint density at radius 3 is 1.41 bits per heavy atom. The summed E-state index contributed by atoms with van der Waals surface area (Å²) in [5, 5.41) is 72.5. The predicted octanol–water partition coefficient (Wildman–Crippen LogP) is -5.84. The molecule has 1 saturated carbocycles. The molecule has 32 heteroatoms. The van der Waals surface area contributed by atoms with Gasteiger partial charge in [-0.2, -0.15) is 0 Å².